The number of rotatable bonds is 22. The average Bonchev–Trinajstić information content (AvgIpc) is 1.19. The first-order valence-corrected chi connectivity index (χ1v) is 34.2. The molecule has 0 bridgehead atoms. The fourth-order valence-electron chi connectivity index (χ4n) is 13.5. The zero-order valence-corrected chi connectivity index (χ0v) is 62.3. The predicted molar refractivity (Wildman–Crippen MR) is 407 cm³/mol. The Labute approximate surface area is 617 Å². The molecule has 0 fully saturated rings. The SMILES string of the molecule is C.CNc1ccccc1.[C-]#[N+]c1c(CC(O)(CC(C)(C)c2cc(C(C)C)ccc2O)C(F)(F)F)[nH]c2ccccc12.[C-]#[N+]c1c(CC(O)(CC(C)(C)c2cc(C(C)C)ccc2OC)C(F)(F)F)[nH]c(C=C)c1C.[C-]#[N+]c1c(CC(O)(CC(C)(C)c2cc(C(C)C)ccc2OC)C(F)(F)F)[nH]c2ccccc12. The Morgan fingerprint density at radius 1 is 0.481 bits per heavy atom. The molecule has 0 aliphatic heterocycles. The maximum absolute atomic E-state index is 14.3. The number of para-hydroxylation sites is 3. The molecule has 106 heavy (non-hydrogen) atoms. The van der Waals surface area contributed by atoms with Crippen LogP contribution in [0.2, 0.25) is 0 Å². The van der Waals surface area contributed by atoms with Crippen LogP contribution in [0.4, 0.5) is 62.3 Å². The van der Waals surface area contributed by atoms with Crippen LogP contribution in [0.3, 0.4) is 0 Å². The predicted octanol–water partition coefficient (Wildman–Crippen LogP) is 23.0. The highest BCUT2D eigenvalue weighted by Gasteiger charge is 2.59. The number of anilines is 1. The van der Waals surface area contributed by atoms with E-state index in [4.69, 9.17) is 29.2 Å². The third-order valence-corrected chi connectivity index (χ3v) is 19.3. The Kier molecular flexibility index (Phi) is 28.1. The molecule has 0 saturated heterocycles. The molecule has 3 atom stereocenters. The smallest absolute Gasteiger partial charge is 0.417 e. The molecule has 3 unspecified atom stereocenters. The Bertz CT molecular complexity index is 4600. The second kappa shape index (κ2) is 34.3. The number of aromatic amines is 3. The van der Waals surface area contributed by atoms with E-state index in [9.17, 15) is 59.9 Å². The van der Waals surface area contributed by atoms with Crippen LogP contribution in [-0.2, 0) is 35.5 Å². The number of ether oxygens (including phenoxy) is 2. The van der Waals surface area contributed by atoms with Gasteiger partial charge in [-0.2, -0.15) is 39.5 Å². The summed E-state index contributed by atoms with van der Waals surface area (Å²) in [6, 6.07) is 39.6. The lowest BCUT2D eigenvalue weighted by molar-refractivity contribution is -0.266. The lowest BCUT2D eigenvalue weighted by Gasteiger charge is -2.38. The van der Waals surface area contributed by atoms with Crippen molar-refractivity contribution in [2.24, 2.45) is 0 Å². The Morgan fingerprint density at radius 2 is 0.802 bits per heavy atom. The molecule has 0 radical (unpaired) electrons. The summed E-state index contributed by atoms with van der Waals surface area (Å²) in [4.78, 5) is 18.9. The van der Waals surface area contributed by atoms with Crippen LogP contribution >= 0.6 is 0 Å². The fraction of sp³-hybridized carbons (Fsp3) is 0.417. The number of nitrogens with one attached hydrogen (secondary N) is 4. The maximum Gasteiger partial charge on any atom is 0.417 e. The number of hydrogen-bond acceptors (Lipinski definition) is 7. The first kappa shape index (κ1) is 87.0. The molecule has 9 aromatic rings. The van der Waals surface area contributed by atoms with Gasteiger partial charge < -0.3 is 50.2 Å². The van der Waals surface area contributed by atoms with E-state index < -0.39 is 90.1 Å². The van der Waals surface area contributed by atoms with E-state index in [0.717, 1.165) is 22.4 Å². The third kappa shape index (κ3) is 19.9. The van der Waals surface area contributed by atoms with Crippen LogP contribution in [0.5, 0.6) is 17.2 Å². The number of aromatic nitrogens is 3. The second-order valence-electron chi connectivity index (χ2n) is 29.6. The van der Waals surface area contributed by atoms with Crippen molar-refractivity contribution in [1.29, 1.82) is 0 Å². The van der Waals surface area contributed by atoms with Gasteiger partial charge in [0.05, 0.1) is 33.9 Å². The zero-order valence-electron chi connectivity index (χ0n) is 62.3. The molecular weight excluding hydrogens is 1370 g/mol. The summed E-state index contributed by atoms with van der Waals surface area (Å²) in [7, 11) is 4.86. The van der Waals surface area contributed by atoms with Gasteiger partial charge in [-0.25, -0.2) is 14.5 Å². The number of phenols is 1. The van der Waals surface area contributed by atoms with Crippen LogP contribution in [-0.4, -0.2) is 92.0 Å². The Hall–Kier alpha value is -9.66. The molecule has 8 N–H and O–H groups in total. The summed E-state index contributed by atoms with van der Waals surface area (Å²) in [6.45, 7) is 49.4. The van der Waals surface area contributed by atoms with Crippen molar-refractivity contribution in [2.75, 3.05) is 26.6 Å². The topological polar surface area (TPSA) is 172 Å². The number of aromatic hydroxyl groups is 1. The quantitative estimate of drug-likeness (QED) is 0.0246. The molecule has 6 aromatic carbocycles. The molecule has 0 saturated carbocycles. The van der Waals surface area contributed by atoms with Crippen molar-refractivity contribution in [3.63, 3.8) is 0 Å². The van der Waals surface area contributed by atoms with E-state index in [2.05, 4.69) is 41.4 Å². The zero-order chi connectivity index (χ0) is 78.8. The number of aliphatic hydroxyl groups is 3. The average molecular weight is 1470 g/mol. The number of nitrogens with zero attached hydrogens (tertiary/aromatic N) is 3. The van der Waals surface area contributed by atoms with Crippen LogP contribution in [0.1, 0.15) is 189 Å². The van der Waals surface area contributed by atoms with Gasteiger partial charge in [-0.3, -0.25) is 0 Å². The van der Waals surface area contributed by atoms with Gasteiger partial charge in [0.25, 0.3) is 0 Å². The molecule has 0 aliphatic carbocycles. The van der Waals surface area contributed by atoms with Crippen molar-refractivity contribution in [3.05, 3.63) is 236 Å². The van der Waals surface area contributed by atoms with Crippen molar-refractivity contribution in [3.8, 4) is 17.2 Å². The number of alkyl halides is 9. The first-order chi connectivity index (χ1) is 48.7. The number of methoxy groups -OCH3 is 2. The van der Waals surface area contributed by atoms with E-state index in [1.165, 1.54) is 26.4 Å². The van der Waals surface area contributed by atoms with Gasteiger partial charge in [0.15, 0.2) is 16.8 Å². The lowest BCUT2D eigenvalue weighted by atomic mass is 9.72. The lowest BCUT2D eigenvalue weighted by Crippen LogP contribution is -2.51. The standard InChI is InChI=1S/C26H29F3N2O2.C25H27F3N2O2.C25H31F3N2O2.C7H9N.CH4/c1-16(2)17-11-12-22(33-6)19(13-17)24(3,4)15-25(32,26(27,28)29)14-21-23(30-5)18-9-7-8-10-20(18)31-21;1-15(2)16-10-11-21(31)18(12-16)23(3,4)14-24(32,25(26,27)28)13-20-22(29-5)17-8-6-7-9-19(17)30-20;1-9-19-16(4)22(29-7)20(30-19)13-24(31,25(26,27)28)14-23(5,6)18-12-17(15(2)3)10-11-21(18)32-8;1-8-7-5-3-2-4-6-7;/h7-13,16,31-32H,14-15H2,1-4,6H3;6-12,15,30-32H,13-14H2,1-4H3;9-12,15,30-31H,1,13-14H2,2-6,8H3;2-6,8H,1H3;1H4. The number of benzene rings is 6. The minimum Gasteiger partial charge on any atom is -0.508 e. The molecule has 0 amide bonds. The van der Waals surface area contributed by atoms with Crippen LogP contribution in [0.15, 0.2) is 140 Å². The van der Waals surface area contributed by atoms with Crippen molar-refractivity contribution < 1.29 is 69.4 Å². The van der Waals surface area contributed by atoms with E-state index in [0.29, 0.717) is 61.3 Å². The van der Waals surface area contributed by atoms with Crippen molar-refractivity contribution in [1.82, 2.24) is 15.0 Å². The Balaban J connectivity index is 0.000000269. The van der Waals surface area contributed by atoms with Crippen LogP contribution in [0.25, 0.3) is 42.4 Å². The van der Waals surface area contributed by atoms with Gasteiger partial charge in [-0.15, -0.1) is 0 Å². The minimum absolute atomic E-state index is 0. The van der Waals surface area contributed by atoms with E-state index in [1.54, 1.807) is 121 Å². The van der Waals surface area contributed by atoms with Gasteiger partial charge in [-0.05, 0) is 137 Å². The van der Waals surface area contributed by atoms with Crippen LogP contribution in [0, 0.1) is 26.6 Å². The normalized spacial score (nSPS) is 13.8. The molecule has 3 aromatic heterocycles. The fourth-order valence-corrected chi connectivity index (χ4v) is 13.5. The highest BCUT2D eigenvalue weighted by Crippen LogP contribution is 2.51. The summed E-state index contributed by atoms with van der Waals surface area (Å²) in [5.41, 5.74) is -4.58. The monoisotopic (exact) mass is 1470 g/mol. The maximum atomic E-state index is 14.3. The largest absolute Gasteiger partial charge is 0.508 e. The van der Waals surface area contributed by atoms with Crippen LogP contribution < -0.4 is 14.8 Å². The van der Waals surface area contributed by atoms with Gasteiger partial charge >= 0.3 is 18.5 Å². The molecular formula is C84H100F9N7O6. The number of phenolic OH excluding ortho intramolecular Hbond substituents is 1. The molecule has 22 heteroatoms. The summed E-state index contributed by atoms with van der Waals surface area (Å²) < 4.78 is 139. The second-order valence-corrected chi connectivity index (χ2v) is 29.6. The number of H-pyrrole nitrogens is 3. The molecule has 9 rings (SSSR count). The summed E-state index contributed by atoms with van der Waals surface area (Å²) >= 11 is 0. The molecule has 13 nitrogen and oxygen atoms in total. The molecule has 0 aliphatic rings. The van der Waals surface area contributed by atoms with Gasteiger partial charge in [-0.1, -0.05) is 188 Å². The number of fused-ring (bicyclic) bond motifs is 2. The minimum atomic E-state index is -4.95. The molecule has 0 spiro atoms. The van der Waals surface area contributed by atoms with Crippen molar-refractivity contribution in [2.45, 2.75) is 205 Å². The van der Waals surface area contributed by atoms with E-state index in [-0.39, 0.29) is 65.1 Å². The van der Waals surface area contributed by atoms with Crippen molar-refractivity contribution >= 4 is 50.6 Å². The summed E-state index contributed by atoms with van der Waals surface area (Å²) in [6.07, 6.45) is -17.5. The van der Waals surface area contributed by atoms with Gasteiger partial charge in [0, 0.05) is 87.7 Å². The third-order valence-electron chi connectivity index (χ3n) is 19.3. The summed E-state index contributed by atoms with van der Waals surface area (Å²) in [5, 5.41) is 47.6. The van der Waals surface area contributed by atoms with Gasteiger partial charge in [0.2, 0.25) is 17.1 Å². The van der Waals surface area contributed by atoms with E-state index in [1.807, 2.05) is 103 Å². The van der Waals surface area contributed by atoms with Gasteiger partial charge in [0.1, 0.15) is 17.2 Å². The molecule has 3 heterocycles. The highest BCUT2D eigenvalue weighted by atomic mass is 19.4. The van der Waals surface area contributed by atoms with E-state index >= 15 is 0 Å². The number of hydrogen-bond donors (Lipinski definition) is 8. The first-order valence-electron chi connectivity index (χ1n) is 34.2. The Morgan fingerprint density at radius 3 is 1.11 bits per heavy atom. The highest BCUT2D eigenvalue weighted by molar-refractivity contribution is 5.95. The molecule has 570 valence electrons. The number of halogens is 9. The summed E-state index contributed by atoms with van der Waals surface area (Å²) in [5.74, 6) is 1.31.